The van der Waals surface area contributed by atoms with E-state index in [0.29, 0.717) is 42.3 Å². The second-order valence-corrected chi connectivity index (χ2v) is 6.09. The lowest BCUT2D eigenvalue weighted by molar-refractivity contribution is -0.117. The topological polar surface area (TPSA) is 102 Å². The predicted octanol–water partition coefficient (Wildman–Crippen LogP) is 2.50. The minimum atomic E-state index is -0.290. The summed E-state index contributed by atoms with van der Waals surface area (Å²) in [7, 11) is 1.50. The number of ether oxygens (including phenoxy) is 2. The molecule has 1 saturated heterocycles. The molecule has 29 heavy (non-hydrogen) atoms. The molecule has 10 heteroatoms. The summed E-state index contributed by atoms with van der Waals surface area (Å²) in [6.45, 7) is 1.94. The van der Waals surface area contributed by atoms with Crippen LogP contribution in [0, 0.1) is 0 Å². The zero-order valence-electron chi connectivity index (χ0n) is 15.8. The molecule has 1 aromatic heterocycles. The molecule has 3 N–H and O–H groups in total. The van der Waals surface area contributed by atoms with Gasteiger partial charge in [0.05, 0.1) is 31.6 Å². The molecule has 0 aliphatic carbocycles. The highest BCUT2D eigenvalue weighted by Crippen LogP contribution is 2.28. The molecule has 8 nitrogen and oxygen atoms in total. The highest BCUT2D eigenvalue weighted by Gasteiger charge is 2.17. The fourth-order valence-corrected chi connectivity index (χ4v) is 2.75. The van der Waals surface area contributed by atoms with Gasteiger partial charge in [-0.3, -0.25) is 14.6 Å². The molecule has 1 fully saturated rings. The third-order valence-corrected chi connectivity index (χ3v) is 4.09. The number of halogens is 2. The van der Waals surface area contributed by atoms with Crippen LogP contribution in [0.5, 0.6) is 5.75 Å². The first kappa shape index (κ1) is 24.6. The van der Waals surface area contributed by atoms with Crippen LogP contribution in [0.4, 0.5) is 11.4 Å². The number of nitrogens with zero attached hydrogens (tertiary/aromatic N) is 1. The van der Waals surface area contributed by atoms with E-state index in [0.717, 1.165) is 6.54 Å². The Bertz CT molecular complexity index is 802. The minimum absolute atomic E-state index is 0. The van der Waals surface area contributed by atoms with E-state index < -0.39 is 0 Å². The quantitative estimate of drug-likeness (QED) is 0.634. The van der Waals surface area contributed by atoms with Gasteiger partial charge in [0, 0.05) is 43.2 Å². The number of hydrogen-bond donors (Lipinski definition) is 3. The van der Waals surface area contributed by atoms with Crippen LogP contribution >= 0.6 is 24.8 Å². The molecule has 1 aliphatic rings. The van der Waals surface area contributed by atoms with Gasteiger partial charge in [-0.15, -0.1) is 24.8 Å². The van der Waals surface area contributed by atoms with Gasteiger partial charge in [-0.1, -0.05) is 0 Å². The maximum absolute atomic E-state index is 12.3. The van der Waals surface area contributed by atoms with E-state index in [1.807, 2.05) is 0 Å². The van der Waals surface area contributed by atoms with Crippen LogP contribution in [0.1, 0.15) is 16.8 Å². The normalized spacial score (nSPS) is 15.3. The van der Waals surface area contributed by atoms with Crippen molar-refractivity contribution in [3.05, 3.63) is 48.3 Å². The lowest BCUT2D eigenvalue weighted by Gasteiger charge is -2.23. The Kier molecular flexibility index (Phi) is 10.4. The van der Waals surface area contributed by atoms with Crippen molar-refractivity contribution in [3.8, 4) is 5.75 Å². The highest BCUT2D eigenvalue weighted by molar-refractivity contribution is 6.05. The number of hydrogen-bond acceptors (Lipinski definition) is 6. The predicted molar refractivity (Wildman–Crippen MR) is 116 cm³/mol. The molecule has 2 heterocycles. The van der Waals surface area contributed by atoms with Gasteiger partial charge in [0.1, 0.15) is 5.75 Å². The average Bonchev–Trinajstić information content (AvgIpc) is 2.70. The summed E-state index contributed by atoms with van der Waals surface area (Å²) in [5.74, 6) is 0.0397. The van der Waals surface area contributed by atoms with Crippen molar-refractivity contribution in [3.63, 3.8) is 0 Å². The maximum Gasteiger partial charge on any atom is 0.257 e. The first-order chi connectivity index (χ1) is 13.2. The van der Waals surface area contributed by atoms with Crippen molar-refractivity contribution in [2.75, 3.05) is 37.5 Å². The Morgan fingerprint density at radius 3 is 2.76 bits per heavy atom. The first-order valence-corrected chi connectivity index (χ1v) is 8.66. The van der Waals surface area contributed by atoms with E-state index >= 15 is 0 Å². The molecule has 1 aromatic carbocycles. The number of anilines is 2. The molecule has 2 aromatic rings. The Morgan fingerprint density at radius 2 is 2.10 bits per heavy atom. The number of morpholine rings is 1. The third kappa shape index (κ3) is 7.17. The van der Waals surface area contributed by atoms with Crippen molar-refractivity contribution in [2.45, 2.75) is 12.5 Å². The van der Waals surface area contributed by atoms with Crippen LogP contribution in [0.3, 0.4) is 0 Å². The van der Waals surface area contributed by atoms with Gasteiger partial charge in [-0.2, -0.15) is 0 Å². The van der Waals surface area contributed by atoms with E-state index in [1.54, 1.807) is 36.5 Å². The minimum Gasteiger partial charge on any atom is -0.494 e. The molecule has 2 amide bonds. The van der Waals surface area contributed by atoms with Crippen LogP contribution < -0.4 is 20.7 Å². The monoisotopic (exact) mass is 442 g/mol. The SMILES string of the molecule is COc1cc(NC(=O)CC2COCCN2)ccc1NC(=O)c1cccnc1.Cl.Cl. The Hall–Kier alpha value is -2.39. The number of methoxy groups -OCH3 is 1. The second-order valence-electron chi connectivity index (χ2n) is 6.09. The molecule has 0 radical (unpaired) electrons. The zero-order chi connectivity index (χ0) is 19.1. The number of carbonyl (C=O) groups is 2. The smallest absolute Gasteiger partial charge is 0.257 e. The molecule has 0 bridgehead atoms. The van der Waals surface area contributed by atoms with Crippen LogP contribution in [0.25, 0.3) is 0 Å². The second kappa shape index (κ2) is 12.2. The fourth-order valence-electron chi connectivity index (χ4n) is 2.75. The number of carbonyl (C=O) groups excluding carboxylic acids is 2. The molecule has 0 saturated carbocycles. The number of pyridine rings is 1. The van der Waals surface area contributed by atoms with E-state index in [4.69, 9.17) is 9.47 Å². The van der Waals surface area contributed by atoms with Crippen LogP contribution in [0.15, 0.2) is 42.7 Å². The Morgan fingerprint density at radius 1 is 1.28 bits per heavy atom. The van der Waals surface area contributed by atoms with Crippen molar-refractivity contribution >= 4 is 48.0 Å². The molecular formula is C19H24Cl2N4O4. The lowest BCUT2D eigenvalue weighted by Crippen LogP contribution is -2.43. The molecule has 3 rings (SSSR count). The van der Waals surface area contributed by atoms with E-state index in [-0.39, 0.29) is 42.7 Å². The zero-order valence-corrected chi connectivity index (χ0v) is 17.5. The number of rotatable bonds is 6. The standard InChI is InChI=1S/C19H22N4O4.2ClH/c1-26-17-9-14(22-18(24)10-15-12-27-8-7-21-15)4-5-16(17)23-19(25)13-3-2-6-20-11-13;;/h2-6,9,11,15,21H,7-8,10,12H2,1H3,(H,22,24)(H,23,25);2*1H. The van der Waals surface area contributed by atoms with E-state index in [1.165, 1.54) is 13.3 Å². The summed E-state index contributed by atoms with van der Waals surface area (Å²) in [6, 6.07) is 8.44. The highest BCUT2D eigenvalue weighted by atomic mass is 35.5. The molecule has 1 unspecified atom stereocenters. The molecule has 158 valence electrons. The number of nitrogens with one attached hydrogen (secondary N) is 3. The summed E-state index contributed by atoms with van der Waals surface area (Å²) in [4.78, 5) is 28.4. The van der Waals surface area contributed by atoms with Crippen molar-refractivity contribution < 1.29 is 19.1 Å². The van der Waals surface area contributed by atoms with Crippen LogP contribution in [-0.2, 0) is 9.53 Å². The summed E-state index contributed by atoms with van der Waals surface area (Å²) < 4.78 is 10.7. The summed E-state index contributed by atoms with van der Waals surface area (Å²) in [6.07, 6.45) is 3.41. The van der Waals surface area contributed by atoms with Gasteiger partial charge in [0.15, 0.2) is 0 Å². The lowest BCUT2D eigenvalue weighted by atomic mass is 10.2. The van der Waals surface area contributed by atoms with E-state index in [2.05, 4.69) is 20.9 Å². The number of amides is 2. The van der Waals surface area contributed by atoms with Crippen molar-refractivity contribution in [1.82, 2.24) is 10.3 Å². The summed E-state index contributed by atoms with van der Waals surface area (Å²) >= 11 is 0. The summed E-state index contributed by atoms with van der Waals surface area (Å²) in [5.41, 5.74) is 1.54. The number of benzene rings is 1. The van der Waals surface area contributed by atoms with Gasteiger partial charge in [0.2, 0.25) is 5.91 Å². The van der Waals surface area contributed by atoms with Crippen molar-refractivity contribution in [2.24, 2.45) is 0 Å². The number of aromatic nitrogens is 1. The Labute approximate surface area is 181 Å². The van der Waals surface area contributed by atoms with Gasteiger partial charge < -0.3 is 25.4 Å². The third-order valence-electron chi connectivity index (χ3n) is 4.09. The van der Waals surface area contributed by atoms with Gasteiger partial charge in [-0.05, 0) is 24.3 Å². The molecular weight excluding hydrogens is 419 g/mol. The molecule has 1 atom stereocenters. The largest absolute Gasteiger partial charge is 0.494 e. The van der Waals surface area contributed by atoms with E-state index in [9.17, 15) is 9.59 Å². The maximum atomic E-state index is 12.3. The summed E-state index contributed by atoms with van der Waals surface area (Å²) in [5, 5.41) is 8.86. The average molecular weight is 443 g/mol. The Balaban J connectivity index is 0.00000210. The fraction of sp³-hybridized carbons (Fsp3) is 0.316. The molecule has 1 aliphatic heterocycles. The van der Waals surface area contributed by atoms with Gasteiger partial charge in [0.25, 0.3) is 5.91 Å². The van der Waals surface area contributed by atoms with Crippen LogP contribution in [-0.4, -0.2) is 49.7 Å². The van der Waals surface area contributed by atoms with Gasteiger partial charge >= 0.3 is 0 Å². The molecule has 0 spiro atoms. The van der Waals surface area contributed by atoms with Gasteiger partial charge in [-0.25, -0.2) is 0 Å². The first-order valence-electron chi connectivity index (χ1n) is 8.66. The van der Waals surface area contributed by atoms with Crippen LogP contribution in [0.2, 0.25) is 0 Å². The van der Waals surface area contributed by atoms with Crippen molar-refractivity contribution in [1.29, 1.82) is 0 Å².